The van der Waals surface area contributed by atoms with Crippen LogP contribution in [0.1, 0.15) is 44.9 Å². The summed E-state index contributed by atoms with van der Waals surface area (Å²) in [5.41, 5.74) is 2.84. The van der Waals surface area contributed by atoms with E-state index in [0.29, 0.717) is 6.61 Å². The van der Waals surface area contributed by atoms with E-state index < -0.39 is 0 Å². The normalized spacial score (nSPS) is 32.7. The van der Waals surface area contributed by atoms with E-state index >= 15 is 0 Å². The Morgan fingerprint density at radius 3 is 2.50 bits per heavy atom. The first kappa shape index (κ1) is 12.8. The zero-order chi connectivity index (χ0) is 14.1. The van der Waals surface area contributed by atoms with Gasteiger partial charge in [-0.1, -0.05) is 18.2 Å². The Kier molecular flexibility index (Phi) is 2.47. The second-order valence-corrected chi connectivity index (χ2v) is 6.78. The van der Waals surface area contributed by atoms with Crippen molar-refractivity contribution in [2.45, 2.75) is 57.9 Å². The van der Waals surface area contributed by atoms with Crippen molar-refractivity contribution in [1.82, 2.24) is 0 Å². The highest BCUT2D eigenvalue weighted by atomic mass is 16.8. The Morgan fingerprint density at radius 2 is 1.80 bits per heavy atom. The average molecular weight is 274 g/mol. The Bertz CT molecular complexity index is 553. The van der Waals surface area contributed by atoms with Crippen LogP contribution in [0.4, 0.5) is 0 Å². The average Bonchev–Trinajstić information content (AvgIpc) is 3.12. The molecule has 0 aromatic heterocycles. The van der Waals surface area contributed by atoms with Crippen LogP contribution in [0.5, 0.6) is 0 Å². The Balaban J connectivity index is 1.64. The van der Waals surface area contributed by atoms with Gasteiger partial charge in [0, 0.05) is 0 Å². The van der Waals surface area contributed by atoms with Gasteiger partial charge in [0.15, 0.2) is 6.29 Å². The summed E-state index contributed by atoms with van der Waals surface area (Å²) in [6.45, 7) is 8.87. The largest absolute Gasteiger partial charge is 0.494 e. The molecule has 4 rings (SSSR count). The lowest BCUT2D eigenvalue weighted by Crippen LogP contribution is -2.41. The fraction of sp³-hybridized carbons (Fsp3) is 0.600. The third-order valence-corrected chi connectivity index (χ3v) is 4.85. The molecule has 0 amide bonds. The zero-order valence-corrected chi connectivity index (χ0v) is 12.3. The van der Waals surface area contributed by atoms with Crippen LogP contribution in [0.3, 0.4) is 0 Å². The molecule has 3 aliphatic heterocycles. The summed E-state index contributed by atoms with van der Waals surface area (Å²) in [6, 6.07) is 6.31. The van der Waals surface area contributed by atoms with Crippen molar-refractivity contribution in [2.24, 2.45) is 0 Å². The lowest BCUT2D eigenvalue weighted by atomic mass is 9.77. The van der Waals surface area contributed by atoms with Crippen molar-refractivity contribution in [1.29, 1.82) is 0 Å². The van der Waals surface area contributed by atoms with Crippen LogP contribution in [0.25, 0.3) is 0 Å². The van der Waals surface area contributed by atoms with Gasteiger partial charge in [-0.15, -0.1) is 0 Å². The van der Waals surface area contributed by atoms with E-state index in [0.717, 1.165) is 5.46 Å². The summed E-state index contributed by atoms with van der Waals surface area (Å²) in [4.78, 5) is 0. The first-order chi connectivity index (χ1) is 9.37. The van der Waals surface area contributed by atoms with Gasteiger partial charge in [-0.05, 0) is 44.3 Å². The van der Waals surface area contributed by atoms with Crippen LogP contribution in [0, 0.1) is 0 Å². The molecule has 2 unspecified atom stereocenters. The van der Waals surface area contributed by atoms with E-state index in [-0.39, 0.29) is 30.7 Å². The molecule has 20 heavy (non-hydrogen) atoms. The van der Waals surface area contributed by atoms with Crippen LogP contribution in [0.15, 0.2) is 18.2 Å². The molecule has 0 aliphatic carbocycles. The lowest BCUT2D eigenvalue weighted by Gasteiger charge is -2.32. The maximum absolute atomic E-state index is 6.08. The summed E-state index contributed by atoms with van der Waals surface area (Å²) in [7, 11) is -0.317. The van der Waals surface area contributed by atoms with Gasteiger partial charge in [0.05, 0.1) is 17.8 Å². The summed E-state index contributed by atoms with van der Waals surface area (Å²) in [5.74, 6) is 0. The van der Waals surface area contributed by atoms with Gasteiger partial charge in [-0.25, -0.2) is 0 Å². The number of fused-ring (bicyclic) bond motifs is 3. The summed E-state index contributed by atoms with van der Waals surface area (Å²) >= 11 is 0. The molecule has 1 aromatic carbocycles. The van der Waals surface area contributed by atoms with E-state index in [1.165, 1.54) is 11.1 Å². The topological polar surface area (TPSA) is 40.2 Å². The molecule has 0 radical (unpaired) electrons. The van der Waals surface area contributed by atoms with Crippen molar-refractivity contribution < 1.29 is 18.8 Å². The molecule has 0 saturated carbocycles. The minimum atomic E-state index is -0.317. The number of epoxide rings is 1. The molecule has 3 heterocycles. The number of rotatable bonds is 1. The highest BCUT2D eigenvalue weighted by molar-refractivity contribution is 6.62. The maximum Gasteiger partial charge on any atom is 0.494 e. The predicted molar refractivity (Wildman–Crippen MR) is 74.6 cm³/mol. The van der Waals surface area contributed by atoms with Crippen LogP contribution < -0.4 is 5.46 Å². The van der Waals surface area contributed by atoms with Gasteiger partial charge >= 0.3 is 7.12 Å². The molecule has 0 N–H and O–H groups in total. The Labute approximate surface area is 119 Å². The minimum absolute atomic E-state index is 0.0230. The van der Waals surface area contributed by atoms with Gasteiger partial charge in [-0.2, -0.15) is 0 Å². The smallest absolute Gasteiger partial charge is 0.399 e. The number of benzene rings is 1. The molecule has 0 bridgehead atoms. The lowest BCUT2D eigenvalue weighted by molar-refractivity contribution is 0.00578. The van der Waals surface area contributed by atoms with Gasteiger partial charge in [0.2, 0.25) is 0 Å². The predicted octanol–water partition coefficient (Wildman–Crippen LogP) is 1.91. The second-order valence-electron chi connectivity index (χ2n) is 6.78. The number of ether oxygens (including phenoxy) is 2. The van der Waals surface area contributed by atoms with E-state index in [2.05, 4.69) is 45.9 Å². The van der Waals surface area contributed by atoms with Crippen LogP contribution in [0.2, 0.25) is 0 Å². The number of hydrogen-bond acceptors (Lipinski definition) is 4. The van der Waals surface area contributed by atoms with E-state index in [9.17, 15) is 0 Å². The van der Waals surface area contributed by atoms with Crippen LogP contribution >= 0.6 is 0 Å². The van der Waals surface area contributed by atoms with Crippen molar-refractivity contribution in [3.05, 3.63) is 29.3 Å². The van der Waals surface area contributed by atoms with Crippen LogP contribution in [-0.4, -0.2) is 24.6 Å². The SMILES string of the molecule is CC1(C)OB(c2ccc3c(c2)COC2OC32)OC1(C)C. The standard InChI is InChI=1S/C15H19BO4/c1-14(2)15(3,4)20-16(19-14)10-5-6-11-9(7-10)8-17-13-12(11)18-13/h5-7,12-13H,8H2,1-4H3. The zero-order valence-electron chi connectivity index (χ0n) is 12.3. The monoisotopic (exact) mass is 274 g/mol. The van der Waals surface area contributed by atoms with Crippen LogP contribution in [-0.2, 0) is 25.4 Å². The first-order valence-electron chi connectivity index (χ1n) is 7.13. The van der Waals surface area contributed by atoms with Crippen molar-refractivity contribution in [3.8, 4) is 0 Å². The quantitative estimate of drug-likeness (QED) is 0.579. The van der Waals surface area contributed by atoms with Crippen molar-refractivity contribution in [3.63, 3.8) is 0 Å². The molecule has 2 fully saturated rings. The van der Waals surface area contributed by atoms with Gasteiger partial charge in [0.25, 0.3) is 0 Å². The molecule has 5 heteroatoms. The molecule has 1 aromatic rings. The van der Waals surface area contributed by atoms with Crippen molar-refractivity contribution in [2.75, 3.05) is 0 Å². The van der Waals surface area contributed by atoms with Crippen molar-refractivity contribution >= 4 is 12.6 Å². The number of hydrogen-bond donors (Lipinski definition) is 0. The summed E-state index contributed by atoms with van der Waals surface area (Å²) < 4.78 is 23.2. The third kappa shape index (κ3) is 1.77. The fourth-order valence-corrected chi connectivity index (χ4v) is 2.77. The maximum atomic E-state index is 6.08. The molecule has 3 aliphatic rings. The van der Waals surface area contributed by atoms with E-state index in [1.54, 1.807) is 0 Å². The summed E-state index contributed by atoms with van der Waals surface area (Å²) in [6.07, 6.45) is 0.108. The molecule has 4 nitrogen and oxygen atoms in total. The van der Waals surface area contributed by atoms with E-state index in [1.807, 2.05) is 0 Å². The van der Waals surface area contributed by atoms with Gasteiger partial charge in [0.1, 0.15) is 6.10 Å². The third-order valence-electron chi connectivity index (χ3n) is 4.85. The molecular formula is C15H19BO4. The molecule has 2 saturated heterocycles. The summed E-state index contributed by atoms with van der Waals surface area (Å²) in [5, 5.41) is 0. The molecule has 106 valence electrons. The van der Waals surface area contributed by atoms with Gasteiger partial charge in [-0.3, -0.25) is 0 Å². The molecular weight excluding hydrogens is 255 g/mol. The Morgan fingerprint density at radius 1 is 1.10 bits per heavy atom. The first-order valence-corrected chi connectivity index (χ1v) is 7.13. The highest BCUT2D eigenvalue weighted by Gasteiger charge is 2.52. The highest BCUT2D eigenvalue weighted by Crippen LogP contribution is 2.45. The fourth-order valence-electron chi connectivity index (χ4n) is 2.77. The Hall–Kier alpha value is -0.875. The molecule has 0 spiro atoms. The second kappa shape index (κ2) is 3.86. The van der Waals surface area contributed by atoms with Gasteiger partial charge < -0.3 is 18.8 Å². The van der Waals surface area contributed by atoms with E-state index in [4.69, 9.17) is 18.8 Å². The minimum Gasteiger partial charge on any atom is -0.399 e. The molecule has 2 atom stereocenters.